The first-order chi connectivity index (χ1) is 39.3. The van der Waals surface area contributed by atoms with E-state index in [4.69, 9.17) is 28.4 Å². The van der Waals surface area contributed by atoms with E-state index in [0.29, 0.717) is 48.5 Å². The van der Waals surface area contributed by atoms with Gasteiger partial charge < -0.3 is 28.4 Å². The fourth-order valence-electron chi connectivity index (χ4n) is 7.51. The van der Waals surface area contributed by atoms with Crippen LogP contribution in [-0.2, 0) is 24.7 Å². The van der Waals surface area contributed by atoms with Gasteiger partial charge >= 0.3 is 24.7 Å². The van der Waals surface area contributed by atoms with Gasteiger partial charge in [-0.2, -0.15) is 52.7 Å². The summed E-state index contributed by atoms with van der Waals surface area (Å²) in [6, 6.07) is 20.9. The van der Waals surface area contributed by atoms with Crippen molar-refractivity contribution in [2.24, 2.45) is 0 Å². The molecule has 0 aliphatic rings. The molecule has 0 aliphatic carbocycles. The molecule has 0 atom stereocenters. The summed E-state index contributed by atoms with van der Waals surface area (Å²) < 4.78 is 203. The Balaban J connectivity index is 1.06. The molecule has 0 amide bonds. The highest BCUT2D eigenvalue weighted by atomic mass is 19.4. The van der Waals surface area contributed by atoms with Crippen LogP contribution in [-0.4, -0.2) is 25.5 Å². The summed E-state index contributed by atoms with van der Waals surface area (Å²) in [5.74, 6) is -8.17. The van der Waals surface area contributed by atoms with Crippen molar-refractivity contribution >= 4 is 28.5 Å². The number of ether oxygens (including phenoxy) is 6. The number of carbonyl (C=O) groups excluding carboxylic acids is 1. The maximum Gasteiger partial charge on any atom is 0.420 e. The monoisotopic (exact) mass is 1190 g/mol. The van der Waals surface area contributed by atoms with Crippen molar-refractivity contribution in [2.75, 3.05) is 0 Å². The van der Waals surface area contributed by atoms with Crippen LogP contribution in [0, 0.1) is 40.5 Å². The zero-order valence-electron chi connectivity index (χ0n) is 41.0. The average molecular weight is 1190 g/mol. The maximum atomic E-state index is 14.1. The molecule has 0 bridgehead atoms. The maximum absolute atomic E-state index is 14.1. The number of nitro benzene ring substituents is 4. The number of ketones is 1. The van der Waals surface area contributed by atoms with Crippen LogP contribution < -0.4 is 28.4 Å². The predicted octanol–water partition coefficient (Wildman–Crippen LogP) is 17.4. The van der Waals surface area contributed by atoms with Crippen LogP contribution in [0.4, 0.5) is 75.4 Å². The molecule has 8 aromatic rings. The number of benzene rings is 8. The number of alkyl halides is 12. The molecule has 8 rings (SSSR count). The van der Waals surface area contributed by atoms with E-state index >= 15 is 0 Å². The first-order valence-electron chi connectivity index (χ1n) is 22.8. The fraction of sp³-hybridized carbons (Fsp3) is 0.0755. The highest BCUT2D eigenvalue weighted by molar-refractivity contribution is 6.09. The third-order valence-corrected chi connectivity index (χ3v) is 11.2. The van der Waals surface area contributed by atoms with Crippen molar-refractivity contribution in [1.82, 2.24) is 0 Å². The normalized spacial score (nSPS) is 11.8. The molecule has 0 aromatic heterocycles. The van der Waals surface area contributed by atoms with Crippen LogP contribution in [0.15, 0.2) is 158 Å². The second kappa shape index (κ2) is 22.9. The largest absolute Gasteiger partial charge is 0.457 e. The van der Waals surface area contributed by atoms with Crippen molar-refractivity contribution in [2.45, 2.75) is 24.7 Å². The van der Waals surface area contributed by atoms with E-state index in [1.807, 2.05) is 0 Å². The lowest BCUT2D eigenvalue weighted by molar-refractivity contribution is -0.385. The van der Waals surface area contributed by atoms with Gasteiger partial charge in [0, 0.05) is 96.1 Å². The van der Waals surface area contributed by atoms with Gasteiger partial charge in [-0.1, -0.05) is 0 Å². The van der Waals surface area contributed by atoms with E-state index in [2.05, 4.69) is 0 Å². The second-order valence-electron chi connectivity index (χ2n) is 17.0. The molecule has 0 fully saturated rings. The molecule has 0 unspecified atom stereocenters. The smallest absolute Gasteiger partial charge is 0.420 e. The van der Waals surface area contributed by atoms with Gasteiger partial charge in [-0.05, 0) is 72.8 Å². The average Bonchev–Trinajstić information content (AvgIpc) is 3.26. The highest BCUT2D eigenvalue weighted by Crippen LogP contribution is 2.47. The molecule has 0 radical (unpaired) electrons. The lowest BCUT2D eigenvalue weighted by Gasteiger charge is -2.17. The Morgan fingerprint density at radius 3 is 0.679 bits per heavy atom. The van der Waals surface area contributed by atoms with Crippen molar-refractivity contribution in [3.63, 3.8) is 0 Å². The Kier molecular flexibility index (Phi) is 16.1. The van der Waals surface area contributed by atoms with E-state index in [0.717, 1.165) is 36.4 Å². The molecule has 432 valence electrons. The van der Waals surface area contributed by atoms with Crippen LogP contribution in [0.1, 0.15) is 38.2 Å². The van der Waals surface area contributed by atoms with E-state index in [-0.39, 0.29) is 46.9 Å². The summed E-state index contributed by atoms with van der Waals surface area (Å²) in [6.07, 6.45) is -21.0. The van der Waals surface area contributed by atoms with E-state index in [9.17, 15) is 97.9 Å². The Morgan fingerprint density at radius 1 is 0.286 bits per heavy atom. The molecule has 19 nitrogen and oxygen atoms in total. The molecule has 8 aromatic carbocycles. The van der Waals surface area contributed by atoms with Crippen LogP contribution >= 0.6 is 0 Å². The zero-order valence-corrected chi connectivity index (χ0v) is 41.0. The highest BCUT2D eigenvalue weighted by Gasteiger charge is 2.40. The number of carbonyl (C=O) groups is 1. The summed E-state index contributed by atoms with van der Waals surface area (Å²) in [5.41, 5.74) is -10.5. The minimum absolute atomic E-state index is 0.0339. The van der Waals surface area contributed by atoms with Gasteiger partial charge in [-0.3, -0.25) is 45.3 Å². The minimum Gasteiger partial charge on any atom is -0.457 e. The lowest BCUT2D eigenvalue weighted by atomic mass is 10.0. The van der Waals surface area contributed by atoms with Crippen molar-refractivity contribution in [3.05, 3.63) is 232 Å². The van der Waals surface area contributed by atoms with Crippen LogP contribution in [0.25, 0.3) is 0 Å². The topological polar surface area (TPSA) is 245 Å². The van der Waals surface area contributed by atoms with Gasteiger partial charge in [0.1, 0.15) is 91.2 Å². The van der Waals surface area contributed by atoms with E-state index in [1.54, 1.807) is 0 Å². The molecule has 0 saturated heterocycles. The van der Waals surface area contributed by atoms with Crippen molar-refractivity contribution in [3.8, 4) is 69.0 Å². The molecule has 0 saturated carbocycles. The summed E-state index contributed by atoms with van der Waals surface area (Å²) in [5, 5.41) is 45.1. The predicted molar refractivity (Wildman–Crippen MR) is 262 cm³/mol. The molecule has 0 N–H and O–H groups in total. The number of nitrogens with zero attached hydrogens (tertiary/aromatic N) is 4. The summed E-state index contributed by atoms with van der Waals surface area (Å²) in [6.45, 7) is 0. The number of rotatable bonds is 18. The first kappa shape index (κ1) is 59.1. The Bertz CT molecular complexity index is 3470. The number of non-ortho nitro benzene ring substituents is 4. The van der Waals surface area contributed by atoms with Crippen molar-refractivity contribution in [1.29, 1.82) is 0 Å². The van der Waals surface area contributed by atoms with Gasteiger partial charge in [-0.25, -0.2) is 0 Å². The Morgan fingerprint density at radius 2 is 0.488 bits per heavy atom. The number of nitro groups is 4. The quantitative estimate of drug-likeness (QED) is 0.0335. The molecule has 0 spiro atoms. The summed E-state index contributed by atoms with van der Waals surface area (Å²) >= 11 is 0. The zero-order chi connectivity index (χ0) is 61.2. The standard InChI is InChI=1S/C53H26F12N4O15/c54-50(55,56)41-17-29(66(71)72)5-13-45(41)81-37-21-35(22-38(25-37)82-46-14-6-30(67(73)74)18-42(46)51(57,58)59)79-33-9-1-27(2-10-33)49(70)28-3-11-34(12-4-28)80-36-23-39(83-47-15-7-31(68(75)76)19-43(47)52(60,61)62)26-40(24-36)84-48-16-8-32(69(77)78)20-44(48)53(63,64)65/h1-26H. The van der Waals surface area contributed by atoms with Crippen LogP contribution in [0.3, 0.4) is 0 Å². The fourth-order valence-corrected chi connectivity index (χ4v) is 7.51. The van der Waals surface area contributed by atoms with Crippen molar-refractivity contribution < 1.29 is 106 Å². The third kappa shape index (κ3) is 14.1. The summed E-state index contributed by atoms with van der Waals surface area (Å²) in [7, 11) is 0. The molecular weight excluding hydrogens is 1160 g/mol. The minimum atomic E-state index is -5.24. The lowest BCUT2D eigenvalue weighted by Crippen LogP contribution is -2.08. The number of halogens is 12. The van der Waals surface area contributed by atoms with Crippen LogP contribution in [0.5, 0.6) is 69.0 Å². The van der Waals surface area contributed by atoms with Gasteiger partial charge in [0.05, 0.1) is 19.7 Å². The first-order valence-corrected chi connectivity index (χ1v) is 22.8. The molecule has 31 heteroatoms. The van der Waals surface area contributed by atoms with Gasteiger partial charge in [0.25, 0.3) is 22.7 Å². The molecule has 84 heavy (non-hydrogen) atoms. The van der Waals surface area contributed by atoms with Crippen LogP contribution in [0.2, 0.25) is 0 Å². The summed E-state index contributed by atoms with van der Waals surface area (Å²) in [4.78, 5) is 54.3. The SMILES string of the molecule is O=C(c1ccc(Oc2cc(Oc3ccc([N+](=O)[O-])cc3C(F)(F)F)cc(Oc3ccc([N+](=O)[O-])cc3C(F)(F)F)c2)cc1)c1ccc(Oc2cc(Oc3ccc([N+](=O)[O-])cc3C(F)(F)F)cc(Oc3ccc([N+](=O)[O-])cc3C(F)(F)F)c2)cc1. The molecule has 0 aliphatic heterocycles. The van der Waals surface area contributed by atoms with Gasteiger partial charge in [-0.15, -0.1) is 0 Å². The van der Waals surface area contributed by atoms with E-state index < -0.39 is 153 Å². The molecular formula is C53H26F12N4O15. The van der Waals surface area contributed by atoms with Gasteiger partial charge in [0.15, 0.2) is 5.78 Å². The Labute approximate surface area is 458 Å². The van der Waals surface area contributed by atoms with E-state index in [1.165, 1.54) is 48.5 Å². The Hall–Kier alpha value is -11.0. The molecule has 0 heterocycles. The number of hydrogen-bond acceptors (Lipinski definition) is 15. The number of hydrogen-bond donors (Lipinski definition) is 0. The van der Waals surface area contributed by atoms with Gasteiger partial charge in [0.2, 0.25) is 0 Å². The second-order valence-corrected chi connectivity index (χ2v) is 17.0. The third-order valence-electron chi connectivity index (χ3n) is 11.2.